The lowest BCUT2D eigenvalue weighted by Gasteiger charge is -1.97. The average Bonchev–Trinajstić information content (AvgIpc) is 2.76. The maximum atomic E-state index is 10.7. The van der Waals surface area contributed by atoms with Gasteiger partial charge in [0, 0.05) is 5.56 Å². The van der Waals surface area contributed by atoms with E-state index in [1.54, 1.807) is 18.3 Å². The number of rotatable bonds is 4. The van der Waals surface area contributed by atoms with Crippen LogP contribution in [-0.4, -0.2) is 32.0 Å². The highest BCUT2D eigenvalue weighted by Crippen LogP contribution is 2.16. The number of hydrogen-bond donors (Lipinski definition) is 2. The molecule has 1 amide bonds. The van der Waals surface area contributed by atoms with Crippen molar-refractivity contribution in [1.29, 1.82) is 0 Å². The second-order valence-electron chi connectivity index (χ2n) is 3.65. The number of hydrogen-bond acceptors (Lipinski definition) is 4. The Morgan fingerprint density at radius 1 is 1.28 bits per heavy atom. The molecule has 0 saturated carbocycles. The summed E-state index contributed by atoms with van der Waals surface area (Å²) in [4.78, 5) is 21.4. The van der Waals surface area contributed by atoms with E-state index in [2.05, 4.69) is 10.3 Å². The zero-order valence-corrected chi connectivity index (χ0v) is 9.28. The van der Waals surface area contributed by atoms with Crippen LogP contribution in [0.3, 0.4) is 0 Å². The Balaban J connectivity index is 2.23. The molecule has 1 aromatic carbocycles. The number of amides is 1. The first-order valence-corrected chi connectivity index (χ1v) is 5.08. The minimum absolute atomic E-state index is 0.0415. The standard InChI is InChI=1S/C11H10N4O3/c12-10(16)6-15-5-9(13-14-15)7-1-3-8(4-2-7)11(17)18/h1-5H,6H2,(H2,12,16)(H,17,18). The number of aromatic nitrogens is 3. The van der Waals surface area contributed by atoms with E-state index < -0.39 is 11.9 Å². The molecule has 7 nitrogen and oxygen atoms in total. The summed E-state index contributed by atoms with van der Waals surface area (Å²) in [7, 11) is 0. The van der Waals surface area contributed by atoms with Gasteiger partial charge in [-0.15, -0.1) is 5.10 Å². The van der Waals surface area contributed by atoms with Crippen LogP contribution in [-0.2, 0) is 11.3 Å². The molecule has 0 spiro atoms. The zero-order chi connectivity index (χ0) is 13.1. The van der Waals surface area contributed by atoms with Crippen LogP contribution >= 0.6 is 0 Å². The summed E-state index contributed by atoms with van der Waals surface area (Å²) in [6.07, 6.45) is 1.57. The van der Waals surface area contributed by atoms with Gasteiger partial charge < -0.3 is 10.8 Å². The molecule has 0 aliphatic carbocycles. The molecule has 0 fully saturated rings. The van der Waals surface area contributed by atoms with E-state index in [0.717, 1.165) is 5.56 Å². The molecule has 0 radical (unpaired) electrons. The van der Waals surface area contributed by atoms with Gasteiger partial charge in [-0.05, 0) is 12.1 Å². The van der Waals surface area contributed by atoms with E-state index in [9.17, 15) is 9.59 Å². The first-order chi connectivity index (χ1) is 8.56. The van der Waals surface area contributed by atoms with Crippen molar-refractivity contribution in [2.75, 3.05) is 0 Å². The average molecular weight is 246 g/mol. The van der Waals surface area contributed by atoms with Gasteiger partial charge in [-0.1, -0.05) is 17.3 Å². The van der Waals surface area contributed by atoms with Crippen molar-refractivity contribution < 1.29 is 14.7 Å². The molecule has 0 aliphatic heterocycles. The van der Waals surface area contributed by atoms with Crippen LogP contribution in [0.4, 0.5) is 0 Å². The van der Waals surface area contributed by atoms with Crippen molar-refractivity contribution >= 4 is 11.9 Å². The number of carbonyl (C=O) groups is 2. The molecular weight excluding hydrogens is 236 g/mol. The largest absolute Gasteiger partial charge is 0.478 e. The predicted octanol–water partition coefficient (Wildman–Crippen LogP) is 0.129. The van der Waals surface area contributed by atoms with Crippen LogP contribution in [0.15, 0.2) is 30.5 Å². The lowest BCUT2D eigenvalue weighted by molar-refractivity contribution is -0.118. The second kappa shape index (κ2) is 4.66. The SMILES string of the molecule is NC(=O)Cn1cc(-c2ccc(C(=O)O)cc2)nn1. The highest BCUT2D eigenvalue weighted by molar-refractivity contribution is 5.88. The van der Waals surface area contributed by atoms with E-state index in [1.165, 1.54) is 16.8 Å². The molecule has 7 heteroatoms. The van der Waals surface area contributed by atoms with Crippen molar-refractivity contribution in [1.82, 2.24) is 15.0 Å². The molecule has 3 N–H and O–H groups in total. The first-order valence-electron chi connectivity index (χ1n) is 5.08. The molecule has 2 rings (SSSR count). The molecule has 0 saturated heterocycles. The summed E-state index contributed by atoms with van der Waals surface area (Å²) in [5.74, 6) is -1.49. The lowest BCUT2D eigenvalue weighted by atomic mass is 10.1. The van der Waals surface area contributed by atoms with Crippen LogP contribution in [0, 0.1) is 0 Å². The van der Waals surface area contributed by atoms with Crippen molar-refractivity contribution in [3.63, 3.8) is 0 Å². The monoisotopic (exact) mass is 246 g/mol. The fourth-order valence-corrected chi connectivity index (χ4v) is 1.45. The van der Waals surface area contributed by atoms with Crippen molar-refractivity contribution in [2.45, 2.75) is 6.54 Å². The third kappa shape index (κ3) is 2.51. The summed E-state index contributed by atoms with van der Waals surface area (Å²) in [6, 6.07) is 6.21. The number of aromatic carboxylic acids is 1. The van der Waals surface area contributed by atoms with Crippen LogP contribution in [0.1, 0.15) is 10.4 Å². The Kier molecular flexibility index (Phi) is 3.05. The highest BCUT2D eigenvalue weighted by atomic mass is 16.4. The number of nitrogens with two attached hydrogens (primary N) is 1. The van der Waals surface area contributed by atoms with Gasteiger partial charge >= 0.3 is 5.97 Å². The van der Waals surface area contributed by atoms with Gasteiger partial charge in [0.05, 0.1) is 11.8 Å². The summed E-state index contributed by atoms with van der Waals surface area (Å²) in [5, 5.41) is 16.4. The molecule has 0 unspecified atom stereocenters. The van der Waals surface area contributed by atoms with Crippen LogP contribution < -0.4 is 5.73 Å². The van der Waals surface area contributed by atoms with E-state index in [-0.39, 0.29) is 12.1 Å². The topological polar surface area (TPSA) is 111 Å². The van der Waals surface area contributed by atoms with Crippen molar-refractivity contribution in [2.24, 2.45) is 5.73 Å². The van der Waals surface area contributed by atoms with Crippen LogP contribution in [0.25, 0.3) is 11.3 Å². The lowest BCUT2D eigenvalue weighted by Crippen LogP contribution is -2.18. The Labute approximate surface area is 102 Å². The Morgan fingerprint density at radius 2 is 1.94 bits per heavy atom. The molecule has 1 aromatic heterocycles. The fourth-order valence-electron chi connectivity index (χ4n) is 1.45. The van der Waals surface area contributed by atoms with Gasteiger partial charge in [-0.2, -0.15) is 0 Å². The first kappa shape index (κ1) is 11.8. The van der Waals surface area contributed by atoms with E-state index >= 15 is 0 Å². The van der Waals surface area contributed by atoms with E-state index in [4.69, 9.17) is 10.8 Å². The summed E-state index contributed by atoms with van der Waals surface area (Å²) in [6.45, 7) is -0.0415. The van der Waals surface area contributed by atoms with Gasteiger partial charge in [-0.25, -0.2) is 9.48 Å². The number of carboxylic acid groups (broad SMARTS) is 1. The minimum atomic E-state index is -0.987. The Bertz CT molecular complexity index is 589. The van der Waals surface area contributed by atoms with Crippen molar-refractivity contribution in [3.05, 3.63) is 36.0 Å². The summed E-state index contributed by atoms with van der Waals surface area (Å²) >= 11 is 0. The molecule has 92 valence electrons. The van der Waals surface area contributed by atoms with Crippen molar-refractivity contribution in [3.8, 4) is 11.3 Å². The number of benzene rings is 1. The summed E-state index contributed by atoms with van der Waals surface area (Å²) < 4.78 is 1.32. The number of primary amides is 1. The number of nitrogens with zero attached hydrogens (tertiary/aromatic N) is 3. The van der Waals surface area contributed by atoms with Gasteiger partial charge in [0.2, 0.25) is 5.91 Å². The van der Waals surface area contributed by atoms with Gasteiger partial charge in [-0.3, -0.25) is 4.79 Å². The maximum absolute atomic E-state index is 10.7. The Morgan fingerprint density at radius 3 is 2.50 bits per heavy atom. The summed E-state index contributed by atoms with van der Waals surface area (Å²) in [5.41, 5.74) is 6.50. The van der Waals surface area contributed by atoms with E-state index in [1.807, 2.05) is 0 Å². The number of carboxylic acids is 1. The molecule has 0 aliphatic rings. The quantitative estimate of drug-likeness (QED) is 0.796. The minimum Gasteiger partial charge on any atom is -0.478 e. The van der Waals surface area contributed by atoms with Gasteiger partial charge in [0.1, 0.15) is 12.2 Å². The maximum Gasteiger partial charge on any atom is 0.335 e. The highest BCUT2D eigenvalue weighted by Gasteiger charge is 2.07. The molecule has 2 aromatic rings. The smallest absolute Gasteiger partial charge is 0.335 e. The fraction of sp³-hybridized carbons (Fsp3) is 0.0909. The van der Waals surface area contributed by atoms with Crippen LogP contribution in [0.2, 0.25) is 0 Å². The third-order valence-corrected chi connectivity index (χ3v) is 2.28. The molecule has 0 bridgehead atoms. The predicted molar refractivity (Wildman–Crippen MR) is 61.6 cm³/mol. The molecule has 18 heavy (non-hydrogen) atoms. The van der Waals surface area contributed by atoms with E-state index in [0.29, 0.717) is 5.69 Å². The molecule has 0 atom stereocenters. The molecule has 1 heterocycles. The van der Waals surface area contributed by atoms with Gasteiger partial charge in [0.15, 0.2) is 0 Å². The molecular formula is C11H10N4O3. The van der Waals surface area contributed by atoms with Gasteiger partial charge in [0.25, 0.3) is 0 Å². The second-order valence-corrected chi connectivity index (χ2v) is 3.65. The zero-order valence-electron chi connectivity index (χ0n) is 9.28. The van der Waals surface area contributed by atoms with Crippen LogP contribution in [0.5, 0.6) is 0 Å². The normalized spacial score (nSPS) is 10.2. The number of carbonyl (C=O) groups excluding carboxylic acids is 1. The Hall–Kier alpha value is -2.70. The third-order valence-electron chi connectivity index (χ3n) is 2.28.